The van der Waals surface area contributed by atoms with Gasteiger partial charge in [0.15, 0.2) is 0 Å². The van der Waals surface area contributed by atoms with Crippen molar-refractivity contribution in [1.29, 1.82) is 0 Å². The minimum atomic E-state index is 0.746. The minimum absolute atomic E-state index is 0.746. The number of rotatable bonds is 3. The molecule has 0 saturated carbocycles. The summed E-state index contributed by atoms with van der Waals surface area (Å²) in [6, 6.07) is 8.30. The van der Waals surface area contributed by atoms with Crippen molar-refractivity contribution in [3.05, 3.63) is 52.6 Å². The van der Waals surface area contributed by atoms with Crippen molar-refractivity contribution in [3.8, 4) is 0 Å². The van der Waals surface area contributed by atoms with Crippen LogP contribution in [0.5, 0.6) is 0 Å². The van der Waals surface area contributed by atoms with E-state index in [-0.39, 0.29) is 0 Å². The molecule has 0 bridgehead atoms. The van der Waals surface area contributed by atoms with E-state index in [1.165, 1.54) is 5.56 Å². The van der Waals surface area contributed by atoms with Crippen molar-refractivity contribution in [2.75, 3.05) is 0 Å². The number of aldehydes is 1. The molecule has 0 aliphatic rings. The summed E-state index contributed by atoms with van der Waals surface area (Å²) >= 11 is 0. The Kier molecular flexibility index (Phi) is 4.04. The van der Waals surface area contributed by atoms with Gasteiger partial charge in [0.2, 0.25) is 0 Å². The fourth-order valence-corrected chi connectivity index (χ4v) is 1.36. The van der Waals surface area contributed by atoms with Crippen LogP contribution in [0.1, 0.15) is 25.0 Å². The zero-order chi connectivity index (χ0) is 11.3. The Morgan fingerprint density at radius 3 is 2.20 bits per heavy atom. The summed E-state index contributed by atoms with van der Waals surface area (Å²) in [6.45, 7) is 5.86. The number of benzene rings is 1. The minimum Gasteiger partial charge on any atom is -0.298 e. The molecule has 1 rings (SSSR count). The van der Waals surface area contributed by atoms with Gasteiger partial charge in [-0.3, -0.25) is 4.79 Å². The van der Waals surface area contributed by atoms with Gasteiger partial charge < -0.3 is 0 Å². The third-order valence-corrected chi connectivity index (χ3v) is 2.11. The molecule has 0 fully saturated rings. The molecular formula is C14H16O. The molecule has 1 aromatic carbocycles. The molecule has 0 spiro atoms. The standard InChI is InChI=1S/C14H16O/c1-11-4-6-14(7-5-11)9-12(2)8-13(3)10-15/h4-10H,1-3H3/b12-9+,13-8+. The summed E-state index contributed by atoms with van der Waals surface area (Å²) in [5, 5.41) is 0. The predicted molar refractivity (Wildman–Crippen MR) is 64.7 cm³/mol. The summed E-state index contributed by atoms with van der Waals surface area (Å²) in [5.41, 5.74) is 4.25. The van der Waals surface area contributed by atoms with Gasteiger partial charge in [-0.15, -0.1) is 0 Å². The first-order valence-corrected chi connectivity index (χ1v) is 5.00. The summed E-state index contributed by atoms with van der Waals surface area (Å²) in [4.78, 5) is 10.4. The second kappa shape index (κ2) is 5.30. The Morgan fingerprint density at radius 2 is 1.67 bits per heavy atom. The first-order valence-electron chi connectivity index (χ1n) is 5.00. The highest BCUT2D eigenvalue weighted by Gasteiger charge is 1.90. The number of carbonyl (C=O) groups is 1. The van der Waals surface area contributed by atoms with Gasteiger partial charge in [-0.25, -0.2) is 0 Å². The maximum Gasteiger partial charge on any atom is 0.145 e. The van der Waals surface area contributed by atoms with E-state index in [1.54, 1.807) is 6.92 Å². The average molecular weight is 200 g/mol. The number of carbonyl (C=O) groups excluding carboxylic acids is 1. The Hall–Kier alpha value is -1.63. The van der Waals surface area contributed by atoms with Crippen LogP contribution in [0.4, 0.5) is 0 Å². The fourth-order valence-electron chi connectivity index (χ4n) is 1.36. The average Bonchev–Trinajstić information content (AvgIpc) is 2.21. The number of hydrogen-bond donors (Lipinski definition) is 0. The zero-order valence-corrected chi connectivity index (χ0v) is 9.45. The Labute approximate surface area is 91.1 Å². The van der Waals surface area contributed by atoms with Crippen LogP contribution in [0.3, 0.4) is 0 Å². The van der Waals surface area contributed by atoms with E-state index in [9.17, 15) is 4.79 Å². The van der Waals surface area contributed by atoms with Crippen molar-refractivity contribution in [1.82, 2.24) is 0 Å². The Bertz CT molecular complexity index is 394. The predicted octanol–water partition coefficient (Wildman–Crippen LogP) is 3.54. The Morgan fingerprint density at radius 1 is 1.07 bits per heavy atom. The Balaban J connectivity index is 2.87. The molecule has 0 N–H and O–H groups in total. The van der Waals surface area contributed by atoms with Crippen LogP contribution in [-0.2, 0) is 4.79 Å². The van der Waals surface area contributed by atoms with Crippen LogP contribution in [-0.4, -0.2) is 6.29 Å². The lowest BCUT2D eigenvalue weighted by Gasteiger charge is -1.97. The van der Waals surface area contributed by atoms with E-state index in [0.29, 0.717) is 0 Å². The first-order chi connectivity index (χ1) is 7.11. The maximum absolute atomic E-state index is 10.4. The molecule has 0 radical (unpaired) electrons. The van der Waals surface area contributed by atoms with Crippen molar-refractivity contribution in [2.45, 2.75) is 20.8 Å². The van der Waals surface area contributed by atoms with E-state index in [4.69, 9.17) is 0 Å². The molecule has 0 aliphatic heterocycles. The molecule has 0 amide bonds. The molecule has 0 unspecified atom stereocenters. The van der Waals surface area contributed by atoms with Gasteiger partial charge in [-0.05, 0) is 31.9 Å². The number of aryl methyl sites for hydroxylation is 1. The first kappa shape index (κ1) is 11.4. The summed E-state index contributed by atoms with van der Waals surface area (Å²) < 4.78 is 0. The van der Waals surface area contributed by atoms with Crippen LogP contribution >= 0.6 is 0 Å². The molecule has 0 saturated heterocycles. The van der Waals surface area contributed by atoms with E-state index in [0.717, 1.165) is 23.0 Å². The number of allylic oxidation sites excluding steroid dienone is 3. The summed E-state index contributed by atoms with van der Waals surface area (Å²) in [5.74, 6) is 0. The highest BCUT2D eigenvalue weighted by molar-refractivity contribution is 5.74. The second-order valence-corrected chi connectivity index (χ2v) is 3.81. The van der Waals surface area contributed by atoms with Gasteiger partial charge >= 0.3 is 0 Å². The monoisotopic (exact) mass is 200 g/mol. The fraction of sp³-hybridized carbons (Fsp3) is 0.214. The molecule has 0 aliphatic carbocycles. The van der Waals surface area contributed by atoms with Gasteiger partial charge in [-0.1, -0.05) is 47.6 Å². The molecule has 0 heterocycles. The molecule has 1 heteroatoms. The maximum atomic E-state index is 10.4. The third kappa shape index (κ3) is 3.94. The topological polar surface area (TPSA) is 17.1 Å². The highest BCUT2D eigenvalue weighted by atomic mass is 16.1. The molecule has 0 atom stereocenters. The zero-order valence-electron chi connectivity index (χ0n) is 9.45. The summed E-state index contributed by atoms with van der Waals surface area (Å²) in [7, 11) is 0. The second-order valence-electron chi connectivity index (χ2n) is 3.81. The van der Waals surface area contributed by atoms with Crippen molar-refractivity contribution in [2.24, 2.45) is 0 Å². The van der Waals surface area contributed by atoms with Gasteiger partial charge in [0, 0.05) is 0 Å². The van der Waals surface area contributed by atoms with Crippen LogP contribution in [0.25, 0.3) is 6.08 Å². The van der Waals surface area contributed by atoms with Crippen molar-refractivity contribution >= 4 is 12.4 Å². The lowest BCUT2D eigenvalue weighted by molar-refractivity contribution is -0.104. The van der Waals surface area contributed by atoms with Crippen LogP contribution < -0.4 is 0 Å². The van der Waals surface area contributed by atoms with Gasteiger partial charge in [-0.2, -0.15) is 0 Å². The van der Waals surface area contributed by atoms with Crippen LogP contribution in [0.15, 0.2) is 41.5 Å². The number of hydrogen-bond acceptors (Lipinski definition) is 1. The third-order valence-electron chi connectivity index (χ3n) is 2.11. The molecular weight excluding hydrogens is 184 g/mol. The van der Waals surface area contributed by atoms with Gasteiger partial charge in [0.1, 0.15) is 6.29 Å². The largest absolute Gasteiger partial charge is 0.298 e. The van der Waals surface area contributed by atoms with Crippen molar-refractivity contribution in [3.63, 3.8) is 0 Å². The smallest absolute Gasteiger partial charge is 0.145 e. The summed E-state index contributed by atoms with van der Waals surface area (Å²) in [6.07, 6.45) is 4.81. The molecule has 0 aromatic heterocycles. The quantitative estimate of drug-likeness (QED) is 0.414. The normalized spacial score (nSPS) is 12.7. The SMILES string of the molecule is C/C(C=O)=C\C(C)=C\c1ccc(C)cc1. The molecule has 1 aromatic rings. The van der Waals surface area contributed by atoms with E-state index >= 15 is 0 Å². The van der Waals surface area contributed by atoms with Crippen LogP contribution in [0, 0.1) is 6.92 Å². The van der Waals surface area contributed by atoms with Crippen molar-refractivity contribution < 1.29 is 4.79 Å². The van der Waals surface area contributed by atoms with E-state index < -0.39 is 0 Å². The van der Waals surface area contributed by atoms with E-state index in [2.05, 4.69) is 37.3 Å². The van der Waals surface area contributed by atoms with Crippen LogP contribution in [0.2, 0.25) is 0 Å². The lowest BCUT2D eigenvalue weighted by atomic mass is 10.1. The molecule has 15 heavy (non-hydrogen) atoms. The molecule has 1 nitrogen and oxygen atoms in total. The van der Waals surface area contributed by atoms with Gasteiger partial charge in [0.25, 0.3) is 0 Å². The van der Waals surface area contributed by atoms with E-state index in [1.807, 2.05) is 13.0 Å². The molecule has 78 valence electrons. The van der Waals surface area contributed by atoms with Gasteiger partial charge in [0.05, 0.1) is 0 Å². The lowest BCUT2D eigenvalue weighted by Crippen LogP contribution is -1.79. The highest BCUT2D eigenvalue weighted by Crippen LogP contribution is 2.10.